The molecule has 8 heteroatoms. The summed E-state index contributed by atoms with van der Waals surface area (Å²) in [6, 6.07) is 14.4. The Morgan fingerprint density at radius 2 is 1.91 bits per heavy atom. The lowest BCUT2D eigenvalue weighted by Gasteiger charge is -2.18. The predicted octanol–water partition coefficient (Wildman–Crippen LogP) is 6.05. The number of rotatable bonds is 7. The minimum atomic E-state index is -0.706. The molecule has 4 aromatic rings. The van der Waals surface area contributed by atoms with Crippen molar-refractivity contribution in [2.45, 2.75) is 32.7 Å². The normalized spacial score (nSPS) is 12.0. The number of aromatic nitrogens is 2. The second-order valence-electron chi connectivity index (χ2n) is 7.51. The van der Waals surface area contributed by atoms with E-state index in [-0.39, 0.29) is 11.5 Å². The van der Waals surface area contributed by atoms with Crippen LogP contribution in [0.5, 0.6) is 5.75 Å². The molecule has 0 bridgehead atoms. The molecule has 0 saturated carbocycles. The van der Waals surface area contributed by atoms with Crippen LogP contribution < -0.4 is 15.6 Å². The molecule has 2 aromatic heterocycles. The lowest BCUT2D eigenvalue weighted by molar-refractivity contribution is -0.119. The fraction of sp³-hybridized carbons (Fsp3) is 0.240. The van der Waals surface area contributed by atoms with Gasteiger partial charge >= 0.3 is 0 Å². The first-order valence-corrected chi connectivity index (χ1v) is 12.3. The number of amides is 1. The number of anilines is 1. The zero-order valence-corrected chi connectivity index (χ0v) is 21.0. The number of methoxy groups -OCH3 is 1. The number of fused-ring (bicyclic) bond motifs is 1. The van der Waals surface area contributed by atoms with Crippen LogP contribution in [-0.2, 0) is 11.2 Å². The highest BCUT2D eigenvalue weighted by molar-refractivity contribution is 9.10. The third-order valence-corrected chi connectivity index (χ3v) is 7.33. The molecule has 2 aromatic carbocycles. The molecule has 0 aliphatic rings. The fourth-order valence-corrected chi connectivity index (χ4v) is 5.27. The molecule has 4 rings (SSSR count). The number of nitrogens with one attached hydrogen (secondary N) is 1. The molecule has 0 spiro atoms. The molecule has 6 nitrogen and oxygen atoms in total. The van der Waals surface area contributed by atoms with Crippen molar-refractivity contribution in [3.05, 3.63) is 74.6 Å². The van der Waals surface area contributed by atoms with Gasteiger partial charge in [0.1, 0.15) is 16.6 Å². The minimum Gasteiger partial charge on any atom is -0.495 e. The first kappa shape index (κ1) is 23.2. The topological polar surface area (TPSA) is 73.2 Å². The maximum atomic E-state index is 13.7. The van der Waals surface area contributed by atoms with Gasteiger partial charge in [0.05, 0.1) is 24.5 Å². The summed E-state index contributed by atoms with van der Waals surface area (Å²) in [6.07, 6.45) is 2.71. The lowest BCUT2D eigenvalue weighted by Crippen LogP contribution is -2.33. The van der Waals surface area contributed by atoms with Crippen molar-refractivity contribution in [1.29, 1.82) is 0 Å². The van der Waals surface area contributed by atoms with Gasteiger partial charge in [-0.2, -0.15) is 0 Å². The molecular weight excluding hydrogens is 502 g/mol. The third-order valence-electron chi connectivity index (χ3n) is 5.55. The molecule has 170 valence electrons. The number of aryl methyl sites for hydroxylation is 1. The van der Waals surface area contributed by atoms with E-state index in [1.165, 1.54) is 22.2 Å². The number of benzene rings is 2. The highest BCUT2D eigenvalue weighted by Crippen LogP contribution is 2.37. The summed E-state index contributed by atoms with van der Waals surface area (Å²) < 4.78 is 7.75. The van der Waals surface area contributed by atoms with E-state index in [0.29, 0.717) is 28.1 Å². The Bertz CT molecular complexity index is 1360. The first-order chi connectivity index (χ1) is 16.0. The van der Waals surface area contributed by atoms with E-state index in [0.717, 1.165) is 26.9 Å². The van der Waals surface area contributed by atoms with Gasteiger partial charge in [-0.3, -0.25) is 14.2 Å². The van der Waals surface area contributed by atoms with Crippen LogP contribution in [0.4, 0.5) is 5.69 Å². The van der Waals surface area contributed by atoms with Crippen LogP contribution in [0, 0.1) is 0 Å². The maximum Gasteiger partial charge on any atom is 0.263 e. The molecule has 33 heavy (non-hydrogen) atoms. The molecule has 1 unspecified atom stereocenters. The van der Waals surface area contributed by atoms with Crippen molar-refractivity contribution in [2.75, 3.05) is 12.4 Å². The Kier molecular flexibility index (Phi) is 6.95. The van der Waals surface area contributed by atoms with Gasteiger partial charge < -0.3 is 10.1 Å². The van der Waals surface area contributed by atoms with E-state index in [1.807, 2.05) is 43.3 Å². The van der Waals surface area contributed by atoms with Crippen LogP contribution in [-0.4, -0.2) is 22.6 Å². The lowest BCUT2D eigenvalue weighted by atomic mass is 10.0. The monoisotopic (exact) mass is 525 g/mol. The van der Waals surface area contributed by atoms with Crippen LogP contribution in [0.1, 0.15) is 31.2 Å². The number of hydrogen-bond acceptors (Lipinski definition) is 5. The zero-order chi connectivity index (χ0) is 23.5. The summed E-state index contributed by atoms with van der Waals surface area (Å²) in [5, 5.41) is 3.46. The van der Waals surface area contributed by atoms with Gasteiger partial charge in [0.15, 0.2) is 0 Å². The molecule has 0 aliphatic carbocycles. The summed E-state index contributed by atoms with van der Waals surface area (Å²) in [5.74, 6) is 0.269. The predicted molar refractivity (Wildman–Crippen MR) is 137 cm³/mol. The van der Waals surface area contributed by atoms with Crippen molar-refractivity contribution in [3.63, 3.8) is 0 Å². The molecule has 2 heterocycles. The van der Waals surface area contributed by atoms with E-state index in [4.69, 9.17) is 4.74 Å². The Morgan fingerprint density at radius 1 is 1.18 bits per heavy atom. The number of carbonyl (C=O) groups is 1. The van der Waals surface area contributed by atoms with Crippen LogP contribution in [0.3, 0.4) is 0 Å². The average molecular weight is 526 g/mol. The SMILES string of the molecule is CCc1sc2ncn(C(CC)C(=O)Nc3ccccc3OC)c(=O)c2c1-c1ccc(Br)cc1. The summed E-state index contributed by atoms with van der Waals surface area (Å²) in [7, 11) is 1.55. The van der Waals surface area contributed by atoms with Gasteiger partial charge in [0, 0.05) is 14.9 Å². The summed E-state index contributed by atoms with van der Waals surface area (Å²) >= 11 is 5.00. The first-order valence-electron chi connectivity index (χ1n) is 10.7. The van der Waals surface area contributed by atoms with E-state index >= 15 is 0 Å². The fourth-order valence-electron chi connectivity index (χ4n) is 3.92. The Balaban J connectivity index is 1.81. The third kappa shape index (κ3) is 4.45. The quantitative estimate of drug-likeness (QED) is 0.318. The second kappa shape index (κ2) is 9.89. The molecular formula is C25H24BrN3O3S. The van der Waals surface area contributed by atoms with Crippen molar-refractivity contribution in [1.82, 2.24) is 9.55 Å². The zero-order valence-electron chi connectivity index (χ0n) is 18.6. The number of carbonyl (C=O) groups excluding carboxylic acids is 1. The summed E-state index contributed by atoms with van der Waals surface area (Å²) in [5.41, 5.74) is 2.21. The number of thiophene rings is 1. The molecule has 0 saturated heterocycles. The van der Waals surface area contributed by atoms with Crippen molar-refractivity contribution in [3.8, 4) is 16.9 Å². The van der Waals surface area contributed by atoms with Crippen molar-refractivity contribution in [2.24, 2.45) is 0 Å². The number of para-hydroxylation sites is 2. The smallest absolute Gasteiger partial charge is 0.263 e. The maximum absolute atomic E-state index is 13.7. The molecule has 1 atom stereocenters. The van der Waals surface area contributed by atoms with E-state index in [1.54, 1.807) is 19.2 Å². The van der Waals surface area contributed by atoms with Crippen LogP contribution >= 0.6 is 27.3 Å². The highest BCUT2D eigenvalue weighted by Gasteiger charge is 2.25. The minimum absolute atomic E-state index is 0.212. The molecule has 0 fully saturated rings. The average Bonchev–Trinajstić information content (AvgIpc) is 3.21. The van der Waals surface area contributed by atoms with Crippen molar-refractivity contribution >= 4 is 49.1 Å². The molecule has 0 radical (unpaired) electrons. The molecule has 1 amide bonds. The van der Waals surface area contributed by atoms with E-state index in [2.05, 4.69) is 33.2 Å². The molecule has 0 aliphatic heterocycles. The number of ether oxygens (including phenoxy) is 1. The van der Waals surface area contributed by atoms with Gasteiger partial charge in [0.25, 0.3) is 5.56 Å². The summed E-state index contributed by atoms with van der Waals surface area (Å²) in [4.78, 5) is 33.3. The molecule has 1 N–H and O–H groups in total. The Morgan fingerprint density at radius 3 is 2.58 bits per heavy atom. The number of halogens is 1. The van der Waals surface area contributed by atoms with Gasteiger partial charge in [0.2, 0.25) is 5.91 Å². The van der Waals surface area contributed by atoms with Crippen molar-refractivity contribution < 1.29 is 9.53 Å². The highest BCUT2D eigenvalue weighted by atomic mass is 79.9. The van der Waals surface area contributed by atoms with Gasteiger partial charge in [-0.15, -0.1) is 11.3 Å². The number of nitrogens with zero attached hydrogens (tertiary/aromatic N) is 2. The number of hydrogen-bond donors (Lipinski definition) is 1. The van der Waals surface area contributed by atoms with Gasteiger partial charge in [-0.25, -0.2) is 4.98 Å². The van der Waals surface area contributed by atoms with Crippen LogP contribution in [0.25, 0.3) is 21.3 Å². The largest absolute Gasteiger partial charge is 0.495 e. The van der Waals surface area contributed by atoms with E-state index < -0.39 is 6.04 Å². The standard InChI is InChI=1S/C25H24BrN3O3S/c1-4-18(23(30)28-17-8-6-7-9-19(17)32-3)29-14-27-24-22(25(29)31)21(20(5-2)33-24)15-10-12-16(26)13-11-15/h6-14,18H,4-5H2,1-3H3,(H,28,30). The Hall–Kier alpha value is -2.97. The Labute approximate surface area is 204 Å². The van der Waals surface area contributed by atoms with Crippen LogP contribution in [0.2, 0.25) is 0 Å². The second-order valence-corrected chi connectivity index (χ2v) is 9.51. The van der Waals surface area contributed by atoms with E-state index in [9.17, 15) is 9.59 Å². The summed E-state index contributed by atoms with van der Waals surface area (Å²) in [6.45, 7) is 3.95. The van der Waals surface area contributed by atoms with Gasteiger partial charge in [-0.1, -0.05) is 54.0 Å². The van der Waals surface area contributed by atoms with Crippen LogP contribution in [0.15, 0.2) is 64.1 Å². The van der Waals surface area contributed by atoms with Gasteiger partial charge in [-0.05, 0) is 42.7 Å².